The molecule has 0 aliphatic rings. The summed E-state index contributed by atoms with van der Waals surface area (Å²) in [5, 5.41) is 1.18. The van der Waals surface area contributed by atoms with Gasteiger partial charge in [-0.2, -0.15) is 0 Å². The summed E-state index contributed by atoms with van der Waals surface area (Å²) >= 11 is 0. The van der Waals surface area contributed by atoms with Gasteiger partial charge in [0.1, 0.15) is 5.82 Å². The predicted octanol–water partition coefficient (Wildman–Crippen LogP) is 6.65. The third-order valence-corrected chi connectivity index (χ3v) is 4.33. The highest BCUT2D eigenvalue weighted by atomic mass is 19.1. The van der Waals surface area contributed by atoms with Crippen LogP contribution in [0.5, 0.6) is 0 Å². The van der Waals surface area contributed by atoms with Crippen molar-refractivity contribution in [2.75, 3.05) is 0 Å². The molecule has 0 unspecified atom stereocenters. The van der Waals surface area contributed by atoms with Crippen molar-refractivity contribution in [1.29, 1.82) is 0 Å². The second kappa shape index (κ2) is 7.24. The Morgan fingerprint density at radius 1 is 0.615 bits per heavy atom. The second-order valence-corrected chi connectivity index (χ2v) is 6.13. The van der Waals surface area contributed by atoms with Crippen LogP contribution in [0.3, 0.4) is 0 Å². The molecule has 1 aromatic heterocycles. The van der Waals surface area contributed by atoms with Gasteiger partial charge in [-0.05, 0) is 35.4 Å². The Morgan fingerprint density at radius 3 is 2.08 bits per heavy atom. The van der Waals surface area contributed by atoms with Gasteiger partial charge in [-0.25, -0.2) is 4.39 Å². The Balaban J connectivity index is 1.74. The van der Waals surface area contributed by atoms with Crippen LogP contribution in [-0.2, 0) is 0 Å². The van der Waals surface area contributed by atoms with Crippen molar-refractivity contribution < 1.29 is 4.39 Å². The van der Waals surface area contributed by atoms with Crippen molar-refractivity contribution >= 4 is 35.2 Å². The standard InChI is InChI=1S/C24H18FN/c25-20-14-10-19(11-15-20)13-17-24-22(16-12-18-6-2-1-3-7-18)21-8-4-5-9-23(21)26-24/h1-17,26H/b16-12+,17-13+. The SMILES string of the molecule is Fc1ccc(/C=C/c2[nH]c3ccccc3c2/C=C/c2ccccc2)cc1. The van der Waals surface area contributed by atoms with Crippen molar-refractivity contribution in [2.24, 2.45) is 0 Å². The van der Waals surface area contributed by atoms with E-state index in [2.05, 4.69) is 41.4 Å². The van der Waals surface area contributed by atoms with E-state index < -0.39 is 0 Å². The van der Waals surface area contributed by atoms with Crippen LogP contribution in [0.15, 0.2) is 78.9 Å². The third-order valence-electron chi connectivity index (χ3n) is 4.33. The molecule has 126 valence electrons. The molecule has 0 radical (unpaired) electrons. The van der Waals surface area contributed by atoms with Crippen molar-refractivity contribution in [2.45, 2.75) is 0 Å². The predicted molar refractivity (Wildman–Crippen MR) is 109 cm³/mol. The minimum Gasteiger partial charge on any atom is -0.355 e. The summed E-state index contributed by atoms with van der Waals surface area (Å²) < 4.78 is 13.1. The highest BCUT2D eigenvalue weighted by Crippen LogP contribution is 2.26. The van der Waals surface area contributed by atoms with Gasteiger partial charge in [-0.1, -0.05) is 78.9 Å². The summed E-state index contributed by atoms with van der Waals surface area (Å²) in [7, 11) is 0. The summed E-state index contributed by atoms with van der Waals surface area (Å²) in [6.07, 6.45) is 8.28. The molecule has 0 aliphatic heterocycles. The zero-order chi connectivity index (χ0) is 17.8. The molecular weight excluding hydrogens is 321 g/mol. The van der Waals surface area contributed by atoms with Crippen molar-refractivity contribution in [3.8, 4) is 0 Å². The summed E-state index contributed by atoms with van der Waals surface area (Å²) in [5.41, 5.74) is 5.39. The van der Waals surface area contributed by atoms with Gasteiger partial charge in [0.05, 0.1) is 0 Å². The lowest BCUT2D eigenvalue weighted by atomic mass is 10.1. The highest BCUT2D eigenvalue weighted by Gasteiger charge is 2.06. The topological polar surface area (TPSA) is 15.8 Å². The summed E-state index contributed by atoms with van der Waals surface area (Å²) in [6.45, 7) is 0. The van der Waals surface area contributed by atoms with Crippen LogP contribution in [0, 0.1) is 5.82 Å². The molecule has 1 N–H and O–H groups in total. The molecule has 0 saturated heterocycles. The minimum absolute atomic E-state index is 0.223. The average Bonchev–Trinajstić information content (AvgIpc) is 3.04. The first-order valence-electron chi connectivity index (χ1n) is 8.57. The first kappa shape index (κ1) is 16.1. The molecule has 0 amide bonds. The van der Waals surface area contributed by atoms with Crippen LogP contribution >= 0.6 is 0 Å². The Morgan fingerprint density at radius 2 is 1.27 bits per heavy atom. The first-order chi connectivity index (χ1) is 12.8. The Labute approximate surface area is 152 Å². The van der Waals surface area contributed by atoms with Gasteiger partial charge in [0, 0.05) is 22.2 Å². The van der Waals surface area contributed by atoms with Gasteiger partial charge >= 0.3 is 0 Å². The quantitative estimate of drug-likeness (QED) is 0.428. The molecule has 1 nitrogen and oxygen atoms in total. The fourth-order valence-corrected chi connectivity index (χ4v) is 2.99. The van der Waals surface area contributed by atoms with E-state index in [1.54, 1.807) is 12.1 Å². The molecule has 1 heterocycles. The Bertz CT molecular complexity index is 1070. The fourth-order valence-electron chi connectivity index (χ4n) is 2.99. The Hall–Kier alpha value is -3.39. The largest absolute Gasteiger partial charge is 0.355 e. The number of rotatable bonds is 4. The normalized spacial score (nSPS) is 11.7. The molecule has 4 aromatic rings. The van der Waals surface area contributed by atoms with E-state index in [9.17, 15) is 4.39 Å². The van der Waals surface area contributed by atoms with Gasteiger partial charge in [0.15, 0.2) is 0 Å². The monoisotopic (exact) mass is 339 g/mol. The van der Waals surface area contributed by atoms with Crippen LogP contribution in [0.1, 0.15) is 22.4 Å². The molecule has 4 rings (SSSR count). The molecule has 3 aromatic carbocycles. The van der Waals surface area contributed by atoms with Crippen LogP contribution in [-0.4, -0.2) is 4.98 Å². The molecule has 0 spiro atoms. The third kappa shape index (κ3) is 3.50. The molecule has 0 aliphatic carbocycles. The maximum Gasteiger partial charge on any atom is 0.123 e. The molecule has 26 heavy (non-hydrogen) atoms. The van der Waals surface area contributed by atoms with Crippen LogP contribution in [0.2, 0.25) is 0 Å². The summed E-state index contributed by atoms with van der Waals surface area (Å²) in [6, 6.07) is 25.0. The number of hydrogen-bond donors (Lipinski definition) is 1. The number of H-pyrrole nitrogens is 1. The smallest absolute Gasteiger partial charge is 0.123 e. The fraction of sp³-hybridized carbons (Fsp3) is 0. The average molecular weight is 339 g/mol. The van der Waals surface area contributed by atoms with Gasteiger partial charge < -0.3 is 4.98 Å². The van der Waals surface area contributed by atoms with Crippen LogP contribution in [0.4, 0.5) is 4.39 Å². The van der Waals surface area contributed by atoms with Crippen molar-refractivity contribution in [3.05, 3.63) is 107 Å². The van der Waals surface area contributed by atoms with E-state index in [1.807, 2.05) is 42.5 Å². The first-order valence-corrected chi connectivity index (χ1v) is 8.57. The molecule has 0 saturated carbocycles. The minimum atomic E-state index is -0.223. The molecule has 0 bridgehead atoms. The summed E-state index contributed by atoms with van der Waals surface area (Å²) in [5.74, 6) is -0.223. The van der Waals surface area contributed by atoms with E-state index in [4.69, 9.17) is 0 Å². The number of halogens is 1. The van der Waals surface area contributed by atoms with E-state index in [1.165, 1.54) is 17.5 Å². The van der Waals surface area contributed by atoms with Gasteiger partial charge in [0.2, 0.25) is 0 Å². The highest BCUT2D eigenvalue weighted by molar-refractivity contribution is 5.96. The molecular formula is C24H18FN. The van der Waals surface area contributed by atoms with E-state index in [-0.39, 0.29) is 5.82 Å². The van der Waals surface area contributed by atoms with E-state index in [0.717, 1.165) is 27.9 Å². The molecule has 0 fully saturated rings. The van der Waals surface area contributed by atoms with Gasteiger partial charge in [0.25, 0.3) is 0 Å². The number of hydrogen-bond acceptors (Lipinski definition) is 0. The van der Waals surface area contributed by atoms with Gasteiger partial charge in [-0.3, -0.25) is 0 Å². The van der Waals surface area contributed by atoms with Crippen molar-refractivity contribution in [3.63, 3.8) is 0 Å². The number of aromatic nitrogens is 1. The number of fused-ring (bicyclic) bond motifs is 1. The van der Waals surface area contributed by atoms with Crippen LogP contribution < -0.4 is 0 Å². The zero-order valence-corrected chi connectivity index (χ0v) is 14.2. The maximum absolute atomic E-state index is 13.1. The molecule has 2 heteroatoms. The number of para-hydroxylation sites is 1. The van der Waals surface area contributed by atoms with E-state index in [0.29, 0.717) is 0 Å². The lowest BCUT2D eigenvalue weighted by molar-refractivity contribution is 0.628. The van der Waals surface area contributed by atoms with Gasteiger partial charge in [-0.15, -0.1) is 0 Å². The van der Waals surface area contributed by atoms with E-state index >= 15 is 0 Å². The summed E-state index contributed by atoms with van der Waals surface area (Å²) in [4.78, 5) is 3.47. The Kier molecular flexibility index (Phi) is 4.48. The zero-order valence-electron chi connectivity index (χ0n) is 14.2. The number of nitrogens with one attached hydrogen (secondary N) is 1. The number of benzene rings is 3. The maximum atomic E-state index is 13.1. The lowest BCUT2D eigenvalue weighted by Gasteiger charge is -1.97. The molecule has 0 atom stereocenters. The van der Waals surface area contributed by atoms with Crippen molar-refractivity contribution in [1.82, 2.24) is 4.98 Å². The lowest BCUT2D eigenvalue weighted by Crippen LogP contribution is -1.78. The second-order valence-electron chi connectivity index (χ2n) is 6.13. The number of aromatic amines is 1. The van der Waals surface area contributed by atoms with Crippen LogP contribution in [0.25, 0.3) is 35.2 Å².